The average molecular weight is 222 g/mol. The Bertz CT molecular complexity index is 415. The van der Waals surface area contributed by atoms with E-state index in [4.69, 9.17) is 5.26 Å². The SMILES string of the molecule is COC(=O)C(C#N)CCc1ccncc1F. The highest BCUT2D eigenvalue weighted by Crippen LogP contribution is 2.12. The lowest BCUT2D eigenvalue weighted by molar-refractivity contribution is -0.143. The van der Waals surface area contributed by atoms with Crippen molar-refractivity contribution in [3.8, 4) is 6.07 Å². The van der Waals surface area contributed by atoms with Gasteiger partial charge in [-0.05, 0) is 24.5 Å². The molecule has 0 bridgehead atoms. The minimum Gasteiger partial charge on any atom is -0.468 e. The summed E-state index contributed by atoms with van der Waals surface area (Å²) in [7, 11) is 1.22. The van der Waals surface area contributed by atoms with Crippen LogP contribution in [0, 0.1) is 23.1 Å². The molecule has 0 radical (unpaired) electrons. The molecule has 0 spiro atoms. The van der Waals surface area contributed by atoms with Gasteiger partial charge >= 0.3 is 5.97 Å². The molecule has 0 saturated carbocycles. The second-order valence-corrected chi connectivity index (χ2v) is 3.21. The summed E-state index contributed by atoms with van der Waals surface area (Å²) < 4.78 is 17.6. The number of rotatable bonds is 4. The highest BCUT2D eigenvalue weighted by atomic mass is 19.1. The van der Waals surface area contributed by atoms with Crippen LogP contribution < -0.4 is 0 Å². The van der Waals surface area contributed by atoms with Gasteiger partial charge in [-0.3, -0.25) is 9.78 Å². The number of methoxy groups -OCH3 is 1. The Labute approximate surface area is 92.7 Å². The molecule has 16 heavy (non-hydrogen) atoms. The maximum atomic E-state index is 13.2. The largest absolute Gasteiger partial charge is 0.468 e. The maximum Gasteiger partial charge on any atom is 0.323 e. The van der Waals surface area contributed by atoms with Gasteiger partial charge in [-0.2, -0.15) is 5.26 Å². The van der Waals surface area contributed by atoms with Gasteiger partial charge in [0.2, 0.25) is 0 Å². The maximum absolute atomic E-state index is 13.2. The lowest BCUT2D eigenvalue weighted by Crippen LogP contribution is -2.15. The van der Waals surface area contributed by atoms with Crippen LogP contribution in [0.3, 0.4) is 0 Å². The smallest absolute Gasteiger partial charge is 0.323 e. The Morgan fingerprint density at radius 1 is 1.75 bits per heavy atom. The third-order valence-corrected chi connectivity index (χ3v) is 2.20. The van der Waals surface area contributed by atoms with Crippen LogP contribution in [0.2, 0.25) is 0 Å². The fraction of sp³-hybridized carbons (Fsp3) is 0.364. The number of halogens is 1. The monoisotopic (exact) mass is 222 g/mol. The number of ether oxygens (including phenoxy) is 1. The lowest BCUT2D eigenvalue weighted by Gasteiger charge is -2.06. The Kier molecular flexibility index (Phi) is 4.40. The third kappa shape index (κ3) is 3.02. The molecule has 1 aromatic rings. The molecule has 0 fully saturated rings. The molecule has 0 aromatic carbocycles. The summed E-state index contributed by atoms with van der Waals surface area (Å²) in [5.41, 5.74) is 0.444. The minimum absolute atomic E-state index is 0.240. The zero-order chi connectivity index (χ0) is 12.0. The topological polar surface area (TPSA) is 63.0 Å². The highest BCUT2D eigenvalue weighted by Gasteiger charge is 2.18. The van der Waals surface area contributed by atoms with Crippen LogP contribution in [-0.2, 0) is 16.0 Å². The van der Waals surface area contributed by atoms with E-state index >= 15 is 0 Å². The van der Waals surface area contributed by atoms with Crippen LogP contribution in [-0.4, -0.2) is 18.1 Å². The summed E-state index contributed by atoms with van der Waals surface area (Å²) in [6.45, 7) is 0. The molecule has 5 heteroatoms. The van der Waals surface area contributed by atoms with Crippen LogP contribution in [0.5, 0.6) is 0 Å². The average Bonchev–Trinajstić information content (AvgIpc) is 2.31. The number of aryl methyl sites for hydroxylation is 1. The molecule has 1 aromatic heterocycles. The van der Waals surface area contributed by atoms with Crippen molar-refractivity contribution in [1.29, 1.82) is 5.26 Å². The van der Waals surface area contributed by atoms with E-state index in [2.05, 4.69) is 9.72 Å². The van der Waals surface area contributed by atoms with Crippen molar-refractivity contribution >= 4 is 5.97 Å². The molecule has 0 N–H and O–H groups in total. The van der Waals surface area contributed by atoms with E-state index in [1.165, 1.54) is 19.4 Å². The van der Waals surface area contributed by atoms with Crippen molar-refractivity contribution in [2.45, 2.75) is 12.8 Å². The Hall–Kier alpha value is -1.96. The molecule has 0 aliphatic rings. The van der Waals surface area contributed by atoms with Crippen molar-refractivity contribution in [2.24, 2.45) is 5.92 Å². The summed E-state index contributed by atoms with van der Waals surface area (Å²) in [5.74, 6) is -1.86. The molecule has 1 heterocycles. The fourth-order valence-corrected chi connectivity index (χ4v) is 1.28. The van der Waals surface area contributed by atoms with Gasteiger partial charge in [0.05, 0.1) is 19.4 Å². The van der Waals surface area contributed by atoms with Crippen molar-refractivity contribution in [3.63, 3.8) is 0 Å². The van der Waals surface area contributed by atoms with Gasteiger partial charge in [-0.15, -0.1) is 0 Å². The molecule has 1 atom stereocenters. The van der Waals surface area contributed by atoms with Crippen LogP contribution in [0.1, 0.15) is 12.0 Å². The first-order chi connectivity index (χ1) is 7.69. The van der Waals surface area contributed by atoms with E-state index in [1.807, 2.05) is 6.07 Å². The van der Waals surface area contributed by atoms with Crippen LogP contribution in [0.25, 0.3) is 0 Å². The van der Waals surface area contributed by atoms with Crippen molar-refractivity contribution in [2.75, 3.05) is 7.11 Å². The predicted molar refractivity (Wildman–Crippen MR) is 53.6 cm³/mol. The Balaban J connectivity index is 2.61. The van der Waals surface area contributed by atoms with Gasteiger partial charge in [-0.1, -0.05) is 0 Å². The van der Waals surface area contributed by atoms with Crippen LogP contribution >= 0.6 is 0 Å². The number of nitriles is 1. The number of carbonyl (C=O) groups is 1. The molecule has 1 unspecified atom stereocenters. The van der Waals surface area contributed by atoms with Crippen molar-refractivity contribution in [1.82, 2.24) is 4.98 Å². The highest BCUT2D eigenvalue weighted by molar-refractivity contribution is 5.74. The summed E-state index contributed by atoms with van der Waals surface area (Å²) in [5, 5.41) is 8.72. The quantitative estimate of drug-likeness (QED) is 0.723. The molecular formula is C11H11FN2O2. The summed E-state index contributed by atoms with van der Waals surface area (Å²) in [6, 6.07) is 3.36. The van der Waals surface area contributed by atoms with E-state index in [-0.39, 0.29) is 6.42 Å². The standard InChI is InChI=1S/C11H11FN2O2/c1-16-11(15)9(6-13)3-2-8-4-5-14-7-10(8)12/h4-5,7,9H,2-3H2,1H3. The molecular weight excluding hydrogens is 211 g/mol. The van der Waals surface area contributed by atoms with E-state index in [0.29, 0.717) is 12.0 Å². The number of aromatic nitrogens is 1. The van der Waals surface area contributed by atoms with E-state index in [1.54, 1.807) is 0 Å². The van der Waals surface area contributed by atoms with Crippen LogP contribution in [0.15, 0.2) is 18.5 Å². The summed E-state index contributed by atoms with van der Waals surface area (Å²) >= 11 is 0. The molecule has 84 valence electrons. The number of nitrogens with zero attached hydrogens (tertiary/aromatic N) is 2. The van der Waals surface area contributed by atoms with E-state index < -0.39 is 17.7 Å². The number of hydrogen-bond donors (Lipinski definition) is 0. The molecule has 0 amide bonds. The number of pyridine rings is 1. The summed E-state index contributed by atoms with van der Waals surface area (Å²) in [4.78, 5) is 14.7. The van der Waals surface area contributed by atoms with Crippen molar-refractivity contribution in [3.05, 3.63) is 29.8 Å². The summed E-state index contributed by atoms with van der Waals surface area (Å²) in [6.07, 6.45) is 3.12. The van der Waals surface area contributed by atoms with Crippen LogP contribution in [0.4, 0.5) is 4.39 Å². The van der Waals surface area contributed by atoms with Gasteiger partial charge in [0.15, 0.2) is 0 Å². The molecule has 4 nitrogen and oxygen atoms in total. The molecule has 0 saturated heterocycles. The first-order valence-corrected chi connectivity index (χ1v) is 4.75. The van der Waals surface area contributed by atoms with Crippen molar-refractivity contribution < 1.29 is 13.9 Å². The second kappa shape index (κ2) is 5.81. The first kappa shape index (κ1) is 12.1. The number of carbonyl (C=O) groups excluding carboxylic acids is 1. The van der Waals surface area contributed by atoms with Gasteiger partial charge < -0.3 is 4.74 Å². The minimum atomic E-state index is -0.849. The zero-order valence-electron chi connectivity index (χ0n) is 8.81. The molecule has 1 rings (SSSR count). The lowest BCUT2D eigenvalue weighted by atomic mass is 10.0. The normalized spacial score (nSPS) is 11.6. The van der Waals surface area contributed by atoms with Gasteiger partial charge in [0.1, 0.15) is 11.7 Å². The van der Waals surface area contributed by atoms with E-state index in [0.717, 1.165) is 6.20 Å². The zero-order valence-corrected chi connectivity index (χ0v) is 8.81. The second-order valence-electron chi connectivity index (χ2n) is 3.21. The number of hydrogen-bond acceptors (Lipinski definition) is 4. The van der Waals surface area contributed by atoms with E-state index in [9.17, 15) is 9.18 Å². The fourth-order valence-electron chi connectivity index (χ4n) is 1.28. The predicted octanol–water partition coefficient (Wildman–Crippen LogP) is 1.47. The first-order valence-electron chi connectivity index (χ1n) is 4.75. The Morgan fingerprint density at radius 3 is 3.06 bits per heavy atom. The molecule has 0 aliphatic heterocycles. The van der Waals surface area contributed by atoms with Gasteiger partial charge in [-0.25, -0.2) is 4.39 Å². The third-order valence-electron chi connectivity index (χ3n) is 2.20. The Morgan fingerprint density at radius 2 is 2.50 bits per heavy atom. The van der Waals surface area contributed by atoms with Gasteiger partial charge in [0, 0.05) is 6.20 Å². The van der Waals surface area contributed by atoms with Gasteiger partial charge in [0.25, 0.3) is 0 Å². The number of esters is 1. The molecule has 0 aliphatic carbocycles.